The van der Waals surface area contributed by atoms with Crippen LogP contribution in [0.3, 0.4) is 0 Å². The van der Waals surface area contributed by atoms with E-state index in [2.05, 4.69) is 50.3 Å². The first-order chi connectivity index (χ1) is 8.61. The average Bonchev–Trinajstić information content (AvgIpc) is 2.24. The second kappa shape index (κ2) is 5.92. The standard InChI is InChI=1S/C14H26N2OSi2/c1-17-13-10-8-9-12(11-13)14(15-18(2,3)4)16-19(5,6)7/h8-11H,1-7H3,(H,15,16). The van der Waals surface area contributed by atoms with E-state index in [1.807, 2.05) is 18.2 Å². The Balaban J connectivity index is 3.19. The van der Waals surface area contributed by atoms with Crippen molar-refractivity contribution in [1.82, 2.24) is 4.98 Å². The van der Waals surface area contributed by atoms with Crippen molar-refractivity contribution in [3.8, 4) is 5.75 Å². The molecule has 0 radical (unpaired) electrons. The highest BCUT2D eigenvalue weighted by Gasteiger charge is 2.20. The Morgan fingerprint density at radius 3 is 2.21 bits per heavy atom. The molecule has 106 valence electrons. The molecular weight excluding hydrogens is 268 g/mol. The van der Waals surface area contributed by atoms with Crippen LogP contribution in [0.1, 0.15) is 5.56 Å². The molecule has 0 fully saturated rings. The summed E-state index contributed by atoms with van der Waals surface area (Å²) in [4.78, 5) is 3.65. The van der Waals surface area contributed by atoms with Crippen LogP contribution in [0.2, 0.25) is 39.3 Å². The van der Waals surface area contributed by atoms with Crippen molar-refractivity contribution in [1.29, 1.82) is 0 Å². The van der Waals surface area contributed by atoms with Gasteiger partial charge in [-0.15, -0.1) is 0 Å². The summed E-state index contributed by atoms with van der Waals surface area (Å²) in [6.45, 7) is 13.6. The van der Waals surface area contributed by atoms with Crippen molar-refractivity contribution >= 4 is 22.3 Å². The van der Waals surface area contributed by atoms with Crippen LogP contribution >= 0.6 is 0 Å². The lowest BCUT2D eigenvalue weighted by molar-refractivity contribution is 0.414. The molecule has 0 aliphatic heterocycles. The zero-order valence-corrected chi connectivity index (χ0v) is 15.2. The number of nitrogens with one attached hydrogen (secondary N) is 1. The largest absolute Gasteiger partial charge is 0.497 e. The van der Waals surface area contributed by atoms with Gasteiger partial charge in [-0.3, -0.25) is 0 Å². The lowest BCUT2D eigenvalue weighted by Crippen LogP contribution is -2.47. The number of ether oxygens (including phenoxy) is 1. The molecule has 1 rings (SSSR count). The van der Waals surface area contributed by atoms with Gasteiger partial charge in [0.25, 0.3) is 0 Å². The van der Waals surface area contributed by atoms with Gasteiger partial charge in [0.05, 0.1) is 7.11 Å². The smallest absolute Gasteiger partial charge is 0.175 e. The Morgan fingerprint density at radius 1 is 1.11 bits per heavy atom. The molecule has 1 N–H and O–H groups in total. The molecule has 5 heteroatoms. The van der Waals surface area contributed by atoms with Crippen molar-refractivity contribution in [2.45, 2.75) is 39.3 Å². The molecule has 0 aliphatic rings. The predicted molar refractivity (Wildman–Crippen MR) is 89.4 cm³/mol. The first-order valence-electron chi connectivity index (χ1n) is 6.63. The molecule has 1 aromatic carbocycles. The average molecular weight is 295 g/mol. The molecule has 19 heavy (non-hydrogen) atoms. The van der Waals surface area contributed by atoms with Crippen LogP contribution in [0, 0.1) is 0 Å². The van der Waals surface area contributed by atoms with Crippen molar-refractivity contribution in [2.75, 3.05) is 7.11 Å². The van der Waals surface area contributed by atoms with Gasteiger partial charge in [0.2, 0.25) is 0 Å². The second-order valence-corrected chi connectivity index (χ2v) is 16.1. The van der Waals surface area contributed by atoms with Gasteiger partial charge in [0.15, 0.2) is 8.24 Å². The number of nitrogens with zero attached hydrogens (tertiary/aromatic N) is 1. The van der Waals surface area contributed by atoms with Gasteiger partial charge in [0.1, 0.15) is 19.8 Å². The van der Waals surface area contributed by atoms with E-state index in [4.69, 9.17) is 9.39 Å². The fourth-order valence-corrected chi connectivity index (χ4v) is 3.50. The minimum atomic E-state index is -1.52. The highest BCUT2D eigenvalue weighted by atomic mass is 28.3. The van der Waals surface area contributed by atoms with E-state index < -0.39 is 16.5 Å². The number of rotatable bonds is 4. The Labute approximate surface area is 119 Å². The topological polar surface area (TPSA) is 33.6 Å². The normalized spacial score (nSPS) is 13.3. The fraction of sp³-hybridized carbons (Fsp3) is 0.500. The molecule has 0 unspecified atom stereocenters. The number of benzene rings is 1. The van der Waals surface area contributed by atoms with Crippen LogP contribution in [0.5, 0.6) is 5.75 Å². The quantitative estimate of drug-likeness (QED) is 0.522. The maximum Gasteiger partial charge on any atom is 0.175 e. The lowest BCUT2D eigenvalue weighted by Gasteiger charge is -2.24. The summed E-state index contributed by atoms with van der Waals surface area (Å²) in [6.07, 6.45) is 0. The Hall–Kier alpha value is -1.08. The third kappa shape index (κ3) is 6.07. The highest BCUT2D eigenvalue weighted by molar-refractivity contribution is 6.78. The van der Waals surface area contributed by atoms with Gasteiger partial charge in [-0.05, 0) is 31.8 Å². The number of hydrogen-bond acceptors (Lipinski definition) is 2. The number of hydrogen-bond donors (Lipinski definition) is 1. The Morgan fingerprint density at radius 2 is 1.74 bits per heavy atom. The van der Waals surface area contributed by atoms with Crippen molar-refractivity contribution < 1.29 is 4.74 Å². The molecule has 3 nitrogen and oxygen atoms in total. The van der Waals surface area contributed by atoms with Gasteiger partial charge in [-0.1, -0.05) is 31.8 Å². The van der Waals surface area contributed by atoms with Crippen LogP contribution in [-0.2, 0) is 0 Å². The lowest BCUT2D eigenvalue weighted by atomic mass is 10.2. The van der Waals surface area contributed by atoms with E-state index in [0.29, 0.717) is 0 Å². The monoisotopic (exact) mass is 294 g/mol. The summed E-state index contributed by atoms with van der Waals surface area (Å²) in [5.41, 5.74) is 1.12. The number of amidine groups is 1. The van der Waals surface area contributed by atoms with Gasteiger partial charge in [-0.25, -0.2) is 0 Å². The third-order valence-electron chi connectivity index (χ3n) is 2.28. The summed E-state index contributed by atoms with van der Waals surface area (Å²) in [5, 5.41) is 0. The van der Waals surface area contributed by atoms with Crippen LogP contribution < -0.4 is 9.72 Å². The predicted octanol–water partition coefficient (Wildman–Crippen LogP) is 3.70. The molecular formula is C14H26N2OSi2. The van der Waals surface area contributed by atoms with Crippen LogP contribution in [0.25, 0.3) is 0 Å². The Bertz CT molecular complexity index is 459. The van der Waals surface area contributed by atoms with Crippen molar-refractivity contribution in [3.63, 3.8) is 0 Å². The molecule has 0 atom stereocenters. The molecule has 0 saturated carbocycles. The molecule has 0 bridgehead atoms. The summed E-state index contributed by atoms with van der Waals surface area (Å²) in [6, 6.07) is 8.12. The first kappa shape index (κ1) is 16.0. The molecule has 0 spiro atoms. The van der Waals surface area contributed by atoms with E-state index in [0.717, 1.165) is 17.1 Å². The summed E-state index contributed by atoms with van der Waals surface area (Å²) in [5.74, 6) is 1.90. The molecule has 0 aromatic heterocycles. The van der Waals surface area contributed by atoms with E-state index in [1.54, 1.807) is 7.11 Å². The Kier molecular flexibility index (Phi) is 4.98. The molecule has 0 saturated heterocycles. The van der Waals surface area contributed by atoms with Crippen molar-refractivity contribution in [3.05, 3.63) is 29.8 Å². The maximum absolute atomic E-state index is 5.31. The molecule has 0 amide bonds. The van der Waals surface area contributed by atoms with Gasteiger partial charge in [0, 0.05) is 5.56 Å². The maximum atomic E-state index is 5.31. The summed E-state index contributed by atoms with van der Waals surface area (Å²) >= 11 is 0. The molecule has 0 aliphatic carbocycles. The third-order valence-corrected chi connectivity index (χ3v) is 4.17. The van der Waals surface area contributed by atoms with E-state index in [1.165, 1.54) is 0 Å². The summed E-state index contributed by atoms with van der Waals surface area (Å²) in [7, 11) is -1.26. The molecule has 0 heterocycles. The van der Waals surface area contributed by atoms with Crippen LogP contribution in [0.4, 0.5) is 0 Å². The SMILES string of the molecule is COc1cccc(/C(=N/[Si](C)(C)C)N[Si](C)(C)C)c1. The van der Waals surface area contributed by atoms with Crippen LogP contribution in [-0.4, -0.2) is 29.4 Å². The second-order valence-electron chi connectivity index (χ2n) is 6.74. The first-order valence-corrected chi connectivity index (χ1v) is 13.6. The van der Waals surface area contributed by atoms with Crippen LogP contribution in [0.15, 0.2) is 28.9 Å². The minimum Gasteiger partial charge on any atom is -0.497 e. The van der Waals surface area contributed by atoms with Crippen molar-refractivity contribution in [2.24, 2.45) is 4.66 Å². The summed E-state index contributed by atoms with van der Waals surface area (Å²) < 4.78 is 10.3. The minimum absolute atomic E-state index is 0.873. The van der Waals surface area contributed by atoms with Gasteiger partial charge >= 0.3 is 0 Å². The van der Waals surface area contributed by atoms with E-state index in [9.17, 15) is 0 Å². The molecule has 1 aromatic rings. The van der Waals surface area contributed by atoms with Gasteiger partial charge < -0.3 is 14.4 Å². The zero-order valence-electron chi connectivity index (χ0n) is 13.2. The van der Waals surface area contributed by atoms with E-state index >= 15 is 0 Å². The fourth-order valence-electron chi connectivity index (χ4n) is 1.63. The zero-order chi connectivity index (χ0) is 14.7. The number of methoxy groups -OCH3 is 1. The highest BCUT2D eigenvalue weighted by Crippen LogP contribution is 2.15. The van der Waals surface area contributed by atoms with E-state index in [-0.39, 0.29) is 0 Å². The van der Waals surface area contributed by atoms with Gasteiger partial charge in [-0.2, -0.15) is 0 Å².